The molecule has 1 aliphatic rings. The number of methoxy groups -OCH3 is 1. The lowest BCUT2D eigenvalue weighted by atomic mass is 10.1. The van der Waals surface area contributed by atoms with Crippen molar-refractivity contribution in [2.24, 2.45) is 0 Å². The van der Waals surface area contributed by atoms with E-state index in [0.29, 0.717) is 43.9 Å². The Morgan fingerprint density at radius 3 is 2.47 bits per heavy atom. The van der Waals surface area contributed by atoms with Gasteiger partial charge in [-0.2, -0.15) is 0 Å². The standard InChI is InChI=1S/C27H23Cl2NO4S2/c1-3-33-24-12-18(6-11-23(24)34-16-19-7-8-20(28)14-22(19)29)13-25-26(31)30(27(35)36-25)15-17-4-9-21(32-2)10-5-17/h4-14H,3,15-16H2,1-2H3/b25-13-. The van der Waals surface area contributed by atoms with Crippen LogP contribution in [0.5, 0.6) is 17.2 Å². The van der Waals surface area contributed by atoms with Gasteiger partial charge < -0.3 is 14.2 Å². The van der Waals surface area contributed by atoms with Crippen molar-refractivity contribution in [1.82, 2.24) is 4.90 Å². The van der Waals surface area contributed by atoms with Gasteiger partial charge in [-0.1, -0.05) is 71.4 Å². The van der Waals surface area contributed by atoms with Gasteiger partial charge in [0.15, 0.2) is 11.5 Å². The lowest BCUT2D eigenvalue weighted by Crippen LogP contribution is -2.27. The number of carbonyl (C=O) groups is 1. The molecule has 0 spiro atoms. The lowest BCUT2D eigenvalue weighted by molar-refractivity contribution is -0.122. The maximum Gasteiger partial charge on any atom is 0.266 e. The Morgan fingerprint density at radius 2 is 1.78 bits per heavy atom. The van der Waals surface area contributed by atoms with Crippen LogP contribution in [0.15, 0.2) is 65.6 Å². The molecule has 9 heteroatoms. The normalized spacial score (nSPS) is 14.4. The van der Waals surface area contributed by atoms with Gasteiger partial charge in [-0.05, 0) is 60.5 Å². The maximum absolute atomic E-state index is 13.1. The highest BCUT2D eigenvalue weighted by Crippen LogP contribution is 2.36. The third-order valence-corrected chi connectivity index (χ3v) is 7.30. The number of amides is 1. The molecule has 1 saturated heterocycles. The number of rotatable bonds is 9. The second kappa shape index (κ2) is 12.0. The highest BCUT2D eigenvalue weighted by atomic mass is 35.5. The number of nitrogens with zero attached hydrogens (tertiary/aromatic N) is 1. The molecule has 0 saturated carbocycles. The number of thiocarbonyl (C=S) groups is 1. The molecule has 0 unspecified atom stereocenters. The molecule has 3 aromatic rings. The Bertz CT molecular complexity index is 1310. The van der Waals surface area contributed by atoms with Gasteiger partial charge in [-0.15, -0.1) is 0 Å². The van der Waals surface area contributed by atoms with Crippen LogP contribution < -0.4 is 14.2 Å². The van der Waals surface area contributed by atoms with Gasteiger partial charge in [0, 0.05) is 15.6 Å². The van der Waals surface area contributed by atoms with E-state index in [4.69, 9.17) is 49.6 Å². The van der Waals surface area contributed by atoms with E-state index in [-0.39, 0.29) is 12.5 Å². The van der Waals surface area contributed by atoms with E-state index >= 15 is 0 Å². The summed E-state index contributed by atoms with van der Waals surface area (Å²) in [7, 11) is 1.62. The summed E-state index contributed by atoms with van der Waals surface area (Å²) in [6.07, 6.45) is 1.82. The van der Waals surface area contributed by atoms with E-state index in [1.807, 2.05) is 61.5 Å². The van der Waals surface area contributed by atoms with Gasteiger partial charge in [0.05, 0.1) is 25.2 Å². The number of hydrogen-bond acceptors (Lipinski definition) is 6. The summed E-state index contributed by atoms with van der Waals surface area (Å²) in [5.74, 6) is 1.78. The molecule has 0 aromatic heterocycles. The number of hydrogen-bond donors (Lipinski definition) is 0. The Hall–Kier alpha value is -2.71. The molecule has 1 fully saturated rings. The average molecular weight is 561 g/mol. The smallest absolute Gasteiger partial charge is 0.266 e. The molecule has 0 N–H and O–H groups in total. The van der Waals surface area contributed by atoms with Crippen LogP contribution in [0, 0.1) is 0 Å². The molecule has 0 bridgehead atoms. The van der Waals surface area contributed by atoms with Crippen molar-refractivity contribution in [1.29, 1.82) is 0 Å². The van der Waals surface area contributed by atoms with Crippen molar-refractivity contribution in [3.8, 4) is 17.2 Å². The molecule has 1 aliphatic heterocycles. The van der Waals surface area contributed by atoms with Gasteiger partial charge >= 0.3 is 0 Å². The highest BCUT2D eigenvalue weighted by molar-refractivity contribution is 8.26. The summed E-state index contributed by atoms with van der Waals surface area (Å²) < 4.78 is 17.5. The van der Waals surface area contributed by atoms with E-state index in [0.717, 1.165) is 22.4 Å². The molecule has 36 heavy (non-hydrogen) atoms. The summed E-state index contributed by atoms with van der Waals surface area (Å²) in [4.78, 5) is 15.2. The Labute approximate surface area is 229 Å². The molecule has 0 aliphatic carbocycles. The van der Waals surface area contributed by atoms with Crippen LogP contribution >= 0.6 is 47.2 Å². The van der Waals surface area contributed by atoms with Crippen LogP contribution in [-0.4, -0.2) is 28.8 Å². The predicted molar refractivity (Wildman–Crippen MR) is 150 cm³/mol. The predicted octanol–water partition coefficient (Wildman–Crippen LogP) is 7.38. The fourth-order valence-corrected chi connectivity index (χ4v) is 5.22. The van der Waals surface area contributed by atoms with Gasteiger partial charge in [-0.3, -0.25) is 9.69 Å². The highest BCUT2D eigenvalue weighted by Gasteiger charge is 2.32. The first-order chi connectivity index (χ1) is 17.4. The molecule has 4 rings (SSSR count). The van der Waals surface area contributed by atoms with E-state index in [1.165, 1.54) is 11.8 Å². The number of ether oxygens (including phenoxy) is 3. The summed E-state index contributed by atoms with van der Waals surface area (Å²) in [5.41, 5.74) is 2.59. The van der Waals surface area contributed by atoms with Gasteiger partial charge in [0.1, 0.15) is 16.7 Å². The Kier molecular flexibility index (Phi) is 8.80. The average Bonchev–Trinajstić information content (AvgIpc) is 3.12. The minimum Gasteiger partial charge on any atom is -0.497 e. The largest absolute Gasteiger partial charge is 0.497 e. The molecule has 3 aromatic carbocycles. The van der Waals surface area contributed by atoms with Crippen LogP contribution in [0.4, 0.5) is 0 Å². The summed E-state index contributed by atoms with van der Waals surface area (Å²) >= 11 is 19.0. The first-order valence-corrected chi connectivity index (χ1v) is 13.1. The minimum absolute atomic E-state index is 0.128. The second-order valence-electron chi connectivity index (χ2n) is 7.78. The van der Waals surface area contributed by atoms with Crippen molar-refractivity contribution < 1.29 is 19.0 Å². The summed E-state index contributed by atoms with van der Waals surface area (Å²) in [6, 6.07) is 18.4. The third kappa shape index (κ3) is 6.34. The van der Waals surface area contributed by atoms with E-state index in [1.54, 1.807) is 24.1 Å². The van der Waals surface area contributed by atoms with Crippen LogP contribution in [0.1, 0.15) is 23.6 Å². The summed E-state index contributed by atoms with van der Waals surface area (Å²) in [6.45, 7) is 3.03. The van der Waals surface area contributed by atoms with Crippen LogP contribution in [0.3, 0.4) is 0 Å². The number of benzene rings is 3. The maximum atomic E-state index is 13.1. The van der Waals surface area contributed by atoms with Crippen molar-refractivity contribution in [3.05, 3.63) is 92.3 Å². The Balaban J connectivity index is 1.49. The number of carbonyl (C=O) groups excluding carboxylic acids is 1. The molecule has 186 valence electrons. The topological polar surface area (TPSA) is 48.0 Å². The fraction of sp³-hybridized carbons (Fsp3) is 0.185. The third-order valence-electron chi connectivity index (χ3n) is 5.34. The molecule has 0 atom stereocenters. The molecule has 0 radical (unpaired) electrons. The second-order valence-corrected chi connectivity index (χ2v) is 10.3. The van der Waals surface area contributed by atoms with E-state index in [2.05, 4.69) is 0 Å². The van der Waals surface area contributed by atoms with Crippen LogP contribution in [0.25, 0.3) is 6.08 Å². The molecule has 5 nitrogen and oxygen atoms in total. The molecule has 1 heterocycles. The van der Waals surface area contributed by atoms with Crippen molar-refractivity contribution in [2.45, 2.75) is 20.1 Å². The quantitative estimate of drug-likeness (QED) is 0.201. The number of thioether (sulfide) groups is 1. The van der Waals surface area contributed by atoms with Gasteiger partial charge in [0.25, 0.3) is 5.91 Å². The molecular formula is C27H23Cl2NO4S2. The monoisotopic (exact) mass is 559 g/mol. The van der Waals surface area contributed by atoms with Gasteiger partial charge in [-0.25, -0.2) is 0 Å². The summed E-state index contributed by atoms with van der Waals surface area (Å²) in [5, 5.41) is 1.10. The fourth-order valence-electron chi connectivity index (χ4n) is 3.50. The zero-order valence-corrected chi connectivity index (χ0v) is 22.8. The lowest BCUT2D eigenvalue weighted by Gasteiger charge is -2.15. The zero-order chi connectivity index (χ0) is 25.7. The number of halogens is 2. The van der Waals surface area contributed by atoms with Crippen molar-refractivity contribution in [3.63, 3.8) is 0 Å². The van der Waals surface area contributed by atoms with E-state index in [9.17, 15) is 4.79 Å². The SMILES string of the molecule is CCOc1cc(/C=C2\SC(=S)N(Cc3ccc(OC)cc3)C2=O)ccc1OCc1ccc(Cl)cc1Cl. The van der Waals surface area contributed by atoms with E-state index < -0.39 is 0 Å². The Morgan fingerprint density at radius 1 is 1.00 bits per heavy atom. The van der Waals surface area contributed by atoms with Crippen molar-refractivity contribution in [2.75, 3.05) is 13.7 Å². The van der Waals surface area contributed by atoms with Gasteiger partial charge in [0.2, 0.25) is 0 Å². The van der Waals surface area contributed by atoms with Crippen LogP contribution in [0.2, 0.25) is 10.0 Å². The van der Waals surface area contributed by atoms with Crippen molar-refractivity contribution >= 4 is 63.5 Å². The molecule has 1 amide bonds. The minimum atomic E-state index is -0.128. The first-order valence-electron chi connectivity index (χ1n) is 11.1. The first kappa shape index (κ1) is 26.4. The molecular weight excluding hydrogens is 537 g/mol. The van der Waals surface area contributed by atoms with Crippen LogP contribution in [-0.2, 0) is 17.9 Å². The zero-order valence-electron chi connectivity index (χ0n) is 19.6.